The number of hydrogen-bond acceptors (Lipinski definition) is 3. The van der Waals surface area contributed by atoms with Crippen molar-refractivity contribution in [1.82, 2.24) is 10.2 Å². The van der Waals surface area contributed by atoms with Crippen molar-refractivity contribution in [3.8, 4) is 5.75 Å². The van der Waals surface area contributed by atoms with Crippen LogP contribution in [0.1, 0.15) is 45.1 Å². The second-order valence-corrected chi connectivity index (χ2v) is 5.68. The number of hydrogen-bond donors (Lipinski definition) is 1. The van der Waals surface area contributed by atoms with Crippen LogP contribution in [0.2, 0.25) is 0 Å². The fraction of sp³-hybridized carbons (Fsp3) is 0.667. The van der Waals surface area contributed by atoms with E-state index in [1.54, 1.807) is 0 Å². The summed E-state index contributed by atoms with van der Waals surface area (Å²) < 4.78 is 5.80. The van der Waals surface area contributed by atoms with Gasteiger partial charge in [0.1, 0.15) is 12.4 Å². The summed E-state index contributed by atoms with van der Waals surface area (Å²) in [5, 5.41) is 3.41. The Labute approximate surface area is 130 Å². The Morgan fingerprint density at radius 2 is 1.76 bits per heavy atom. The van der Waals surface area contributed by atoms with Gasteiger partial charge in [0, 0.05) is 13.1 Å². The highest BCUT2D eigenvalue weighted by molar-refractivity contribution is 5.27. The molecule has 0 bridgehead atoms. The third-order valence-electron chi connectivity index (χ3n) is 3.56. The molecule has 1 N–H and O–H groups in total. The molecule has 1 aromatic rings. The summed E-state index contributed by atoms with van der Waals surface area (Å²) in [6.45, 7) is 9.35. The van der Waals surface area contributed by atoms with Crippen molar-refractivity contribution in [2.75, 3.05) is 33.3 Å². The molecule has 3 nitrogen and oxygen atoms in total. The molecule has 1 rings (SSSR count). The summed E-state index contributed by atoms with van der Waals surface area (Å²) in [6, 6.07) is 8.42. The van der Waals surface area contributed by atoms with Gasteiger partial charge >= 0.3 is 0 Å². The lowest BCUT2D eigenvalue weighted by molar-refractivity contribution is 0.235. The van der Waals surface area contributed by atoms with Crippen LogP contribution < -0.4 is 10.1 Å². The van der Waals surface area contributed by atoms with E-state index in [0.717, 1.165) is 32.0 Å². The highest BCUT2D eigenvalue weighted by Gasteiger charge is 1.99. The van der Waals surface area contributed by atoms with Crippen LogP contribution in [0.3, 0.4) is 0 Å². The van der Waals surface area contributed by atoms with E-state index in [9.17, 15) is 0 Å². The van der Waals surface area contributed by atoms with E-state index in [4.69, 9.17) is 4.74 Å². The highest BCUT2D eigenvalue weighted by Crippen LogP contribution is 2.12. The van der Waals surface area contributed by atoms with Crippen LogP contribution in [0.4, 0.5) is 0 Å². The average Bonchev–Trinajstić information content (AvgIpc) is 2.49. The molecule has 0 saturated heterocycles. The van der Waals surface area contributed by atoms with E-state index in [2.05, 4.69) is 55.4 Å². The summed E-state index contributed by atoms with van der Waals surface area (Å²) in [7, 11) is 2.17. The van der Waals surface area contributed by atoms with Gasteiger partial charge in [-0.1, -0.05) is 38.8 Å². The van der Waals surface area contributed by atoms with Crippen LogP contribution in [-0.4, -0.2) is 38.2 Å². The topological polar surface area (TPSA) is 24.5 Å². The highest BCUT2D eigenvalue weighted by atomic mass is 16.5. The lowest BCUT2D eigenvalue weighted by Gasteiger charge is -2.16. The largest absolute Gasteiger partial charge is 0.492 e. The molecular formula is C18H32N2O. The maximum absolute atomic E-state index is 5.80. The lowest BCUT2D eigenvalue weighted by atomic mass is 10.2. The molecule has 120 valence electrons. The van der Waals surface area contributed by atoms with Gasteiger partial charge in [-0.2, -0.15) is 0 Å². The molecule has 0 spiro atoms. The van der Waals surface area contributed by atoms with Crippen LogP contribution in [0.25, 0.3) is 0 Å². The van der Waals surface area contributed by atoms with Gasteiger partial charge in [0.2, 0.25) is 0 Å². The number of unbranched alkanes of at least 4 members (excludes halogenated alkanes) is 2. The minimum absolute atomic E-state index is 0.760. The van der Waals surface area contributed by atoms with Crippen molar-refractivity contribution in [3.63, 3.8) is 0 Å². The van der Waals surface area contributed by atoms with Gasteiger partial charge in [-0.05, 0) is 50.7 Å². The molecule has 0 radical (unpaired) electrons. The third-order valence-corrected chi connectivity index (χ3v) is 3.56. The summed E-state index contributed by atoms with van der Waals surface area (Å²) >= 11 is 0. The maximum atomic E-state index is 5.80. The third kappa shape index (κ3) is 8.74. The van der Waals surface area contributed by atoms with Crippen molar-refractivity contribution in [2.24, 2.45) is 0 Å². The number of likely N-dealkylation sites (N-methyl/N-ethyl adjacent to an activating group) is 1. The van der Waals surface area contributed by atoms with Crippen LogP contribution >= 0.6 is 0 Å². The van der Waals surface area contributed by atoms with Gasteiger partial charge in [-0.25, -0.2) is 0 Å². The van der Waals surface area contributed by atoms with Crippen LogP contribution in [0.15, 0.2) is 24.3 Å². The molecule has 0 aliphatic heterocycles. The monoisotopic (exact) mass is 292 g/mol. The Kier molecular flexibility index (Phi) is 9.92. The molecule has 0 saturated carbocycles. The first-order valence-electron chi connectivity index (χ1n) is 8.37. The van der Waals surface area contributed by atoms with Crippen molar-refractivity contribution in [3.05, 3.63) is 29.8 Å². The second-order valence-electron chi connectivity index (χ2n) is 5.68. The van der Waals surface area contributed by atoms with E-state index < -0.39 is 0 Å². The average molecular weight is 292 g/mol. The molecule has 0 heterocycles. The van der Waals surface area contributed by atoms with Gasteiger partial charge < -0.3 is 15.0 Å². The van der Waals surface area contributed by atoms with E-state index in [0.29, 0.717) is 0 Å². The van der Waals surface area contributed by atoms with E-state index in [1.807, 2.05) is 0 Å². The normalized spacial score (nSPS) is 11.0. The molecular weight excluding hydrogens is 260 g/mol. The molecule has 0 aliphatic rings. The summed E-state index contributed by atoms with van der Waals surface area (Å²) in [4.78, 5) is 2.35. The number of ether oxygens (including phenoxy) is 1. The zero-order valence-electron chi connectivity index (χ0n) is 14.0. The molecule has 0 aliphatic carbocycles. The Balaban J connectivity index is 2.17. The number of nitrogens with zero attached hydrogens (tertiary/aromatic N) is 1. The molecule has 0 atom stereocenters. The van der Waals surface area contributed by atoms with Gasteiger partial charge in [0.25, 0.3) is 0 Å². The Hall–Kier alpha value is -1.06. The fourth-order valence-corrected chi connectivity index (χ4v) is 2.18. The molecule has 0 fully saturated rings. The quantitative estimate of drug-likeness (QED) is 0.595. The van der Waals surface area contributed by atoms with E-state index in [-0.39, 0.29) is 0 Å². The number of nitrogens with one attached hydrogen (secondary N) is 1. The summed E-state index contributed by atoms with van der Waals surface area (Å²) in [5.74, 6) is 0.969. The van der Waals surface area contributed by atoms with E-state index in [1.165, 1.54) is 37.8 Å². The first-order chi connectivity index (χ1) is 10.3. The second kappa shape index (κ2) is 11.6. The van der Waals surface area contributed by atoms with Crippen molar-refractivity contribution in [1.29, 1.82) is 0 Å². The molecule has 3 heteroatoms. The molecule has 0 aromatic heterocycles. The van der Waals surface area contributed by atoms with Crippen LogP contribution in [0, 0.1) is 0 Å². The first kappa shape index (κ1) is 18.0. The number of benzene rings is 1. The Bertz CT molecular complexity index is 351. The zero-order valence-corrected chi connectivity index (χ0v) is 14.0. The first-order valence-corrected chi connectivity index (χ1v) is 8.37. The number of rotatable bonds is 12. The van der Waals surface area contributed by atoms with Gasteiger partial charge in [-0.3, -0.25) is 0 Å². The predicted molar refractivity (Wildman–Crippen MR) is 91.0 cm³/mol. The Morgan fingerprint density at radius 1 is 1.00 bits per heavy atom. The standard InChI is InChI=1S/C18H32N2O/c1-4-6-7-13-20(3)14-15-21-18-10-8-17(9-11-18)16-19-12-5-2/h8-11,19H,4-7,12-16H2,1-3H3. The van der Waals surface area contributed by atoms with Crippen LogP contribution in [-0.2, 0) is 6.54 Å². The summed E-state index contributed by atoms with van der Waals surface area (Å²) in [5.41, 5.74) is 1.31. The molecule has 21 heavy (non-hydrogen) atoms. The predicted octanol–water partition coefficient (Wildman–Crippen LogP) is 3.69. The smallest absolute Gasteiger partial charge is 0.119 e. The van der Waals surface area contributed by atoms with Gasteiger partial charge in [0.15, 0.2) is 0 Å². The van der Waals surface area contributed by atoms with Gasteiger partial charge in [-0.15, -0.1) is 0 Å². The fourth-order valence-electron chi connectivity index (χ4n) is 2.18. The zero-order chi connectivity index (χ0) is 15.3. The Morgan fingerprint density at radius 3 is 2.43 bits per heavy atom. The molecule has 0 amide bonds. The molecule has 1 aromatic carbocycles. The maximum Gasteiger partial charge on any atom is 0.119 e. The van der Waals surface area contributed by atoms with Crippen molar-refractivity contribution >= 4 is 0 Å². The minimum Gasteiger partial charge on any atom is -0.492 e. The lowest BCUT2D eigenvalue weighted by Crippen LogP contribution is -2.25. The minimum atomic E-state index is 0.760. The van der Waals surface area contributed by atoms with Crippen molar-refractivity contribution in [2.45, 2.75) is 46.1 Å². The van der Waals surface area contributed by atoms with Gasteiger partial charge in [0.05, 0.1) is 0 Å². The van der Waals surface area contributed by atoms with Crippen molar-refractivity contribution < 1.29 is 4.74 Å². The van der Waals surface area contributed by atoms with E-state index >= 15 is 0 Å². The SMILES string of the molecule is CCCCCN(C)CCOc1ccc(CNCCC)cc1. The van der Waals surface area contributed by atoms with Crippen LogP contribution in [0.5, 0.6) is 5.75 Å². The molecule has 0 unspecified atom stereocenters. The summed E-state index contributed by atoms with van der Waals surface area (Å²) in [6.07, 6.45) is 5.06.